The molecule has 4 nitrogen and oxygen atoms in total. The molecule has 0 aliphatic rings. The van der Waals surface area contributed by atoms with E-state index in [-0.39, 0.29) is 0 Å². The quantitative estimate of drug-likeness (QED) is 0.784. The van der Waals surface area contributed by atoms with Gasteiger partial charge in [0.1, 0.15) is 11.3 Å². The summed E-state index contributed by atoms with van der Waals surface area (Å²) in [6.45, 7) is 1.99. The molecule has 5 heteroatoms. The van der Waals surface area contributed by atoms with Crippen LogP contribution < -0.4 is 10.5 Å². The molecular weight excluding hydrogens is 274 g/mol. The van der Waals surface area contributed by atoms with Crippen molar-refractivity contribution in [2.75, 3.05) is 12.8 Å². The lowest BCUT2D eigenvalue weighted by Crippen LogP contribution is -2.01. The summed E-state index contributed by atoms with van der Waals surface area (Å²) in [7, 11) is 1.61. The summed E-state index contributed by atoms with van der Waals surface area (Å²) < 4.78 is 7.15. The zero-order chi connectivity index (χ0) is 14.3. The number of nitrogens with two attached hydrogens (primary N) is 1. The maximum Gasteiger partial charge on any atom is 0.206 e. The molecule has 0 unspecified atom stereocenters. The Bertz CT molecular complexity index is 795. The van der Waals surface area contributed by atoms with E-state index >= 15 is 0 Å². The summed E-state index contributed by atoms with van der Waals surface area (Å²) in [6.07, 6.45) is 0. The molecule has 0 amide bonds. The number of nitrogen functional groups attached to an aromatic ring is 1. The van der Waals surface area contributed by atoms with Crippen LogP contribution in [0.25, 0.3) is 16.7 Å². The lowest BCUT2D eigenvalue weighted by atomic mass is 10.2. The van der Waals surface area contributed by atoms with Crippen molar-refractivity contribution in [2.24, 2.45) is 0 Å². The van der Waals surface area contributed by atoms with Crippen LogP contribution in [-0.4, -0.2) is 16.7 Å². The third kappa shape index (κ3) is 1.89. The number of benzene rings is 2. The molecule has 20 heavy (non-hydrogen) atoms. The van der Waals surface area contributed by atoms with Gasteiger partial charge < -0.3 is 10.5 Å². The standard InChI is InChI=1S/C15H14ClN3O/c1-9-6-7-11(10(16)8-9)19-12-4-3-5-13(20-2)14(12)18-15(19)17/h3-8H,1-2H3,(H2,17,18). The Morgan fingerprint density at radius 2 is 2.05 bits per heavy atom. The Labute approximate surface area is 121 Å². The second-order valence-corrected chi connectivity index (χ2v) is 5.00. The van der Waals surface area contributed by atoms with Crippen molar-refractivity contribution < 1.29 is 4.74 Å². The minimum Gasteiger partial charge on any atom is -0.494 e. The SMILES string of the molecule is COc1cccc2c1nc(N)n2-c1ccc(C)cc1Cl. The highest BCUT2D eigenvalue weighted by molar-refractivity contribution is 6.32. The Hall–Kier alpha value is -2.20. The molecule has 0 atom stereocenters. The summed E-state index contributed by atoms with van der Waals surface area (Å²) in [6, 6.07) is 11.5. The number of fused-ring (bicyclic) bond motifs is 1. The van der Waals surface area contributed by atoms with Crippen molar-refractivity contribution in [3.8, 4) is 11.4 Å². The van der Waals surface area contributed by atoms with E-state index in [1.165, 1.54) is 0 Å². The largest absolute Gasteiger partial charge is 0.494 e. The fourth-order valence-corrected chi connectivity index (χ4v) is 2.62. The molecule has 0 aliphatic heterocycles. The van der Waals surface area contributed by atoms with Gasteiger partial charge in [-0.3, -0.25) is 4.57 Å². The molecule has 3 rings (SSSR count). The highest BCUT2D eigenvalue weighted by Gasteiger charge is 2.15. The monoisotopic (exact) mass is 287 g/mol. The van der Waals surface area contributed by atoms with E-state index < -0.39 is 0 Å². The van der Waals surface area contributed by atoms with Crippen molar-refractivity contribution in [3.63, 3.8) is 0 Å². The van der Waals surface area contributed by atoms with Crippen LogP contribution in [0, 0.1) is 6.92 Å². The predicted octanol–water partition coefficient (Wildman–Crippen LogP) is 3.58. The van der Waals surface area contributed by atoms with Crippen LogP contribution in [-0.2, 0) is 0 Å². The van der Waals surface area contributed by atoms with Gasteiger partial charge in [-0.25, -0.2) is 4.98 Å². The van der Waals surface area contributed by atoms with Gasteiger partial charge >= 0.3 is 0 Å². The number of hydrogen-bond donors (Lipinski definition) is 1. The van der Waals surface area contributed by atoms with E-state index in [1.807, 2.05) is 47.9 Å². The molecule has 102 valence electrons. The van der Waals surface area contributed by atoms with E-state index in [9.17, 15) is 0 Å². The molecule has 0 saturated carbocycles. The van der Waals surface area contributed by atoms with E-state index in [0.29, 0.717) is 16.7 Å². The van der Waals surface area contributed by atoms with E-state index in [0.717, 1.165) is 22.3 Å². The van der Waals surface area contributed by atoms with Gasteiger partial charge in [0.05, 0.1) is 23.3 Å². The van der Waals surface area contributed by atoms with E-state index in [1.54, 1.807) is 7.11 Å². The molecule has 0 aliphatic carbocycles. The highest BCUT2D eigenvalue weighted by atomic mass is 35.5. The third-order valence-corrected chi connectivity index (χ3v) is 3.54. The molecule has 2 N–H and O–H groups in total. The van der Waals surface area contributed by atoms with Gasteiger partial charge in [-0.2, -0.15) is 0 Å². The predicted molar refractivity (Wildman–Crippen MR) is 81.8 cm³/mol. The maximum atomic E-state index is 6.33. The van der Waals surface area contributed by atoms with Crippen molar-refractivity contribution >= 4 is 28.6 Å². The maximum absolute atomic E-state index is 6.33. The van der Waals surface area contributed by atoms with Crippen molar-refractivity contribution in [2.45, 2.75) is 6.92 Å². The van der Waals surface area contributed by atoms with Crippen LogP contribution in [0.4, 0.5) is 5.95 Å². The number of rotatable bonds is 2. The average Bonchev–Trinajstić information content (AvgIpc) is 2.75. The number of halogens is 1. The molecule has 0 bridgehead atoms. The number of aromatic nitrogens is 2. The van der Waals surface area contributed by atoms with Gasteiger partial charge in [0.25, 0.3) is 0 Å². The molecule has 1 aromatic heterocycles. The summed E-state index contributed by atoms with van der Waals surface area (Å²) >= 11 is 6.33. The molecule has 1 heterocycles. The summed E-state index contributed by atoms with van der Waals surface area (Å²) in [4.78, 5) is 4.38. The van der Waals surface area contributed by atoms with Gasteiger partial charge in [0, 0.05) is 0 Å². The van der Waals surface area contributed by atoms with Crippen LogP contribution in [0.15, 0.2) is 36.4 Å². The van der Waals surface area contributed by atoms with Gasteiger partial charge in [0.15, 0.2) is 0 Å². The minimum atomic E-state index is 0.384. The van der Waals surface area contributed by atoms with Crippen LogP contribution in [0.5, 0.6) is 5.75 Å². The first-order chi connectivity index (χ1) is 9.61. The van der Waals surface area contributed by atoms with Gasteiger partial charge in [0.2, 0.25) is 5.95 Å². The Morgan fingerprint density at radius 3 is 2.75 bits per heavy atom. The second-order valence-electron chi connectivity index (χ2n) is 4.59. The molecule has 0 spiro atoms. The fourth-order valence-electron chi connectivity index (χ4n) is 2.30. The number of para-hydroxylation sites is 1. The zero-order valence-corrected chi connectivity index (χ0v) is 12.0. The average molecular weight is 288 g/mol. The molecule has 0 fully saturated rings. The first kappa shape index (κ1) is 12.8. The van der Waals surface area contributed by atoms with Gasteiger partial charge in [-0.1, -0.05) is 23.7 Å². The summed E-state index contributed by atoms with van der Waals surface area (Å²) in [5, 5.41) is 0.638. The lowest BCUT2D eigenvalue weighted by Gasteiger charge is -2.09. The number of aryl methyl sites for hydroxylation is 1. The number of hydrogen-bond acceptors (Lipinski definition) is 3. The number of anilines is 1. The molecule has 0 saturated heterocycles. The zero-order valence-electron chi connectivity index (χ0n) is 11.2. The number of imidazole rings is 1. The smallest absolute Gasteiger partial charge is 0.206 e. The fraction of sp³-hybridized carbons (Fsp3) is 0.133. The number of methoxy groups -OCH3 is 1. The number of ether oxygens (including phenoxy) is 1. The number of nitrogens with zero attached hydrogens (tertiary/aromatic N) is 2. The minimum absolute atomic E-state index is 0.384. The van der Waals surface area contributed by atoms with E-state index in [4.69, 9.17) is 22.1 Å². The van der Waals surface area contributed by atoms with Crippen LogP contribution in [0.3, 0.4) is 0 Å². The molecule has 0 radical (unpaired) electrons. The normalized spacial score (nSPS) is 10.9. The Balaban J connectivity index is 2.34. The lowest BCUT2D eigenvalue weighted by molar-refractivity contribution is 0.419. The molecular formula is C15H14ClN3O. The first-order valence-corrected chi connectivity index (χ1v) is 6.57. The highest BCUT2D eigenvalue weighted by Crippen LogP contribution is 2.32. The van der Waals surface area contributed by atoms with Gasteiger partial charge in [-0.05, 0) is 36.8 Å². The van der Waals surface area contributed by atoms with Crippen molar-refractivity contribution in [3.05, 3.63) is 47.0 Å². The molecule has 3 aromatic rings. The topological polar surface area (TPSA) is 53.1 Å². The summed E-state index contributed by atoms with van der Waals surface area (Å²) in [5.41, 5.74) is 9.56. The Kier molecular flexibility index (Phi) is 3.03. The van der Waals surface area contributed by atoms with Crippen molar-refractivity contribution in [1.29, 1.82) is 0 Å². The Morgan fingerprint density at radius 1 is 1.25 bits per heavy atom. The first-order valence-electron chi connectivity index (χ1n) is 6.19. The summed E-state index contributed by atoms with van der Waals surface area (Å²) in [5.74, 6) is 1.08. The van der Waals surface area contributed by atoms with E-state index in [2.05, 4.69) is 4.98 Å². The van der Waals surface area contributed by atoms with Crippen molar-refractivity contribution in [1.82, 2.24) is 9.55 Å². The van der Waals surface area contributed by atoms with Gasteiger partial charge in [-0.15, -0.1) is 0 Å². The van der Waals surface area contributed by atoms with Crippen LogP contribution in [0.1, 0.15) is 5.56 Å². The third-order valence-electron chi connectivity index (χ3n) is 3.24. The second kappa shape index (κ2) is 4.72. The van der Waals surface area contributed by atoms with Crippen LogP contribution >= 0.6 is 11.6 Å². The van der Waals surface area contributed by atoms with Crippen LogP contribution in [0.2, 0.25) is 5.02 Å². The molecule has 2 aromatic carbocycles.